The molecule has 0 saturated carbocycles. The molecule has 142 valence electrons. The van der Waals surface area contributed by atoms with E-state index in [0.29, 0.717) is 39.8 Å². The summed E-state index contributed by atoms with van der Waals surface area (Å²) in [7, 11) is 1.60. The van der Waals surface area contributed by atoms with Crippen molar-refractivity contribution in [2.45, 2.75) is 10.9 Å². The molecule has 0 unspecified atom stereocenters. The van der Waals surface area contributed by atoms with Crippen LogP contribution in [0.2, 0.25) is 0 Å². The zero-order valence-electron chi connectivity index (χ0n) is 14.7. The zero-order chi connectivity index (χ0) is 19.5. The van der Waals surface area contributed by atoms with Crippen LogP contribution in [0.25, 0.3) is 22.8 Å². The lowest BCUT2D eigenvalue weighted by molar-refractivity contribution is 0.391. The molecule has 0 amide bonds. The number of ether oxygens (including phenoxy) is 1. The van der Waals surface area contributed by atoms with Gasteiger partial charge in [0.1, 0.15) is 11.6 Å². The number of nitrogen functional groups attached to an aromatic ring is 1. The Morgan fingerprint density at radius 3 is 2.79 bits per heavy atom. The number of hydrogen-bond donors (Lipinski definition) is 1. The largest absolute Gasteiger partial charge is 0.497 e. The molecule has 0 fully saturated rings. The van der Waals surface area contributed by atoms with Gasteiger partial charge in [-0.15, -0.1) is 10.2 Å². The van der Waals surface area contributed by atoms with Crippen LogP contribution >= 0.6 is 11.8 Å². The number of nitrogens with two attached hydrogens (primary N) is 1. The summed E-state index contributed by atoms with van der Waals surface area (Å²) in [6, 6.07) is 13.4. The predicted molar refractivity (Wildman–Crippen MR) is 101 cm³/mol. The first-order chi connectivity index (χ1) is 13.6. The monoisotopic (exact) mass is 398 g/mol. The van der Waals surface area contributed by atoms with Gasteiger partial charge < -0.3 is 15.1 Å². The van der Waals surface area contributed by atoms with Crippen molar-refractivity contribution in [3.05, 3.63) is 60.2 Å². The predicted octanol–water partition coefficient (Wildman–Crippen LogP) is 3.15. The topological polar surface area (TPSA) is 105 Å². The van der Waals surface area contributed by atoms with Gasteiger partial charge in [-0.1, -0.05) is 41.2 Å². The van der Waals surface area contributed by atoms with E-state index < -0.39 is 0 Å². The third kappa shape index (κ3) is 3.67. The lowest BCUT2D eigenvalue weighted by Gasteiger charge is -2.02. The number of rotatable bonds is 6. The van der Waals surface area contributed by atoms with E-state index in [1.807, 2.05) is 24.3 Å². The molecule has 2 aromatic carbocycles. The summed E-state index contributed by atoms with van der Waals surface area (Å²) < 4.78 is 25.2. The van der Waals surface area contributed by atoms with Crippen LogP contribution in [0.5, 0.6) is 5.75 Å². The van der Waals surface area contributed by atoms with Crippen LogP contribution in [0.3, 0.4) is 0 Å². The van der Waals surface area contributed by atoms with Gasteiger partial charge in [0.25, 0.3) is 0 Å². The molecular formula is C18H15FN6O2S. The summed E-state index contributed by atoms with van der Waals surface area (Å²) in [4.78, 5) is 4.38. The third-order valence-corrected chi connectivity index (χ3v) is 4.80. The SMILES string of the molecule is COc1cccc(-c2noc(CSc3nnc(-c4cccc(F)c4)n3N)n2)c1. The maximum Gasteiger partial charge on any atom is 0.237 e. The molecule has 0 radical (unpaired) electrons. The maximum atomic E-state index is 13.4. The molecule has 0 saturated heterocycles. The highest BCUT2D eigenvalue weighted by Gasteiger charge is 2.15. The highest BCUT2D eigenvalue weighted by Crippen LogP contribution is 2.26. The molecule has 0 aliphatic rings. The van der Waals surface area contributed by atoms with E-state index in [9.17, 15) is 4.39 Å². The van der Waals surface area contributed by atoms with Crippen molar-refractivity contribution >= 4 is 11.8 Å². The van der Waals surface area contributed by atoms with Gasteiger partial charge in [0.05, 0.1) is 12.9 Å². The lowest BCUT2D eigenvalue weighted by Crippen LogP contribution is -2.11. The van der Waals surface area contributed by atoms with Gasteiger partial charge in [-0.05, 0) is 24.3 Å². The van der Waals surface area contributed by atoms with Gasteiger partial charge in [-0.25, -0.2) is 9.07 Å². The van der Waals surface area contributed by atoms with Gasteiger partial charge in [-0.3, -0.25) is 0 Å². The van der Waals surface area contributed by atoms with Crippen molar-refractivity contribution in [1.29, 1.82) is 0 Å². The number of methoxy groups -OCH3 is 1. The Kier molecular flexibility index (Phi) is 4.94. The number of halogens is 1. The smallest absolute Gasteiger partial charge is 0.237 e. The molecule has 0 aliphatic heterocycles. The number of aromatic nitrogens is 5. The van der Waals surface area contributed by atoms with Crippen LogP contribution in [0.4, 0.5) is 4.39 Å². The van der Waals surface area contributed by atoms with Crippen LogP contribution in [-0.4, -0.2) is 32.1 Å². The normalized spacial score (nSPS) is 10.9. The van der Waals surface area contributed by atoms with Gasteiger partial charge in [0, 0.05) is 11.1 Å². The highest BCUT2D eigenvalue weighted by atomic mass is 32.2. The highest BCUT2D eigenvalue weighted by molar-refractivity contribution is 7.98. The molecule has 0 aliphatic carbocycles. The zero-order valence-corrected chi connectivity index (χ0v) is 15.6. The Balaban J connectivity index is 1.48. The van der Waals surface area contributed by atoms with Crippen LogP contribution < -0.4 is 10.6 Å². The quantitative estimate of drug-likeness (QED) is 0.390. The number of thioether (sulfide) groups is 1. The minimum Gasteiger partial charge on any atom is -0.497 e. The Morgan fingerprint density at radius 2 is 1.96 bits per heavy atom. The number of benzene rings is 2. The Hall–Kier alpha value is -3.40. The van der Waals surface area contributed by atoms with Crippen LogP contribution in [0.15, 0.2) is 58.2 Å². The minimum absolute atomic E-state index is 0.357. The van der Waals surface area contributed by atoms with Crippen molar-refractivity contribution in [2.24, 2.45) is 0 Å². The molecule has 0 spiro atoms. The number of nitrogens with zero attached hydrogens (tertiary/aromatic N) is 5. The van der Waals surface area contributed by atoms with E-state index in [1.165, 1.54) is 28.6 Å². The summed E-state index contributed by atoms with van der Waals surface area (Å²) in [5.41, 5.74) is 1.33. The molecule has 4 aromatic rings. The second-order valence-electron chi connectivity index (χ2n) is 5.72. The van der Waals surface area contributed by atoms with Gasteiger partial charge in [-0.2, -0.15) is 4.98 Å². The van der Waals surface area contributed by atoms with Gasteiger partial charge in [0.2, 0.25) is 16.9 Å². The van der Waals surface area contributed by atoms with E-state index in [2.05, 4.69) is 20.3 Å². The van der Waals surface area contributed by atoms with Crippen molar-refractivity contribution in [2.75, 3.05) is 13.0 Å². The van der Waals surface area contributed by atoms with E-state index in [4.69, 9.17) is 15.1 Å². The fraction of sp³-hybridized carbons (Fsp3) is 0.111. The summed E-state index contributed by atoms with van der Waals surface area (Å²) in [5.74, 6) is 7.98. The standard InChI is InChI=1S/C18H15FN6O2S/c1-26-14-7-3-4-11(9-14)16-21-15(27-24-16)10-28-18-23-22-17(25(18)20)12-5-2-6-13(19)8-12/h2-9H,10,20H2,1H3. The maximum absolute atomic E-state index is 13.4. The van der Waals surface area contributed by atoms with Crippen LogP contribution in [0, 0.1) is 5.82 Å². The van der Waals surface area contributed by atoms with E-state index in [0.717, 1.165) is 5.56 Å². The molecule has 8 nitrogen and oxygen atoms in total. The summed E-state index contributed by atoms with van der Waals surface area (Å²) in [6.45, 7) is 0. The fourth-order valence-electron chi connectivity index (χ4n) is 2.52. The van der Waals surface area contributed by atoms with Crippen molar-refractivity contribution < 1.29 is 13.7 Å². The Bertz CT molecular complexity index is 1110. The van der Waals surface area contributed by atoms with E-state index in [-0.39, 0.29) is 5.82 Å². The van der Waals surface area contributed by atoms with Crippen LogP contribution in [0.1, 0.15) is 5.89 Å². The average Bonchev–Trinajstić information content (AvgIpc) is 3.33. The molecule has 2 heterocycles. The Morgan fingerprint density at radius 1 is 1.14 bits per heavy atom. The van der Waals surface area contributed by atoms with Crippen molar-refractivity contribution in [3.63, 3.8) is 0 Å². The summed E-state index contributed by atoms with van der Waals surface area (Å²) in [5, 5.41) is 12.5. The molecular weight excluding hydrogens is 383 g/mol. The third-order valence-electron chi connectivity index (χ3n) is 3.87. The van der Waals surface area contributed by atoms with E-state index in [1.54, 1.807) is 19.2 Å². The first kappa shape index (κ1) is 18.0. The number of hydrogen-bond acceptors (Lipinski definition) is 8. The molecule has 10 heteroatoms. The fourth-order valence-corrected chi connectivity index (χ4v) is 3.21. The van der Waals surface area contributed by atoms with Gasteiger partial charge in [0.15, 0.2) is 5.82 Å². The minimum atomic E-state index is -0.370. The van der Waals surface area contributed by atoms with E-state index >= 15 is 0 Å². The molecule has 4 rings (SSSR count). The molecule has 2 N–H and O–H groups in total. The van der Waals surface area contributed by atoms with Crippen molar-refractivity contribution in [3.8, 4) is 28.5 Å². The second-order valence-corrected chi connectivity index (χ2v) is 6.66. The lowest BCUT2D eigenvalue weighted by atomic mass is 10.2. The Labute approximate surface area is 163 Å². The van der Waals surface area contributed by atoms with Crippen molar-refractivity contribution in [1.82, 2.24) is 25.0 Å². The molecule has 0 atom stereocenters. The molecule has 28 heavy (non-hydrogen) atoms. The molecule has 0 bridgehead atoms. The first-order valence-electron chi connectivity index (χ1n) is 8.20. The van der Waals surface area contributed by atoms with Gasteiger partial charge >= 0.3 is 0 Å². The second kappa shape index (κ2) is 7.69. The first-order valence-corrected chi connectivity index (χ1v) is 9.19. The summed E-state index contributed by atoms with van der Waals surface area (Å²) in [6.07, 6.45) is 0. The molecule has 2 aromatic heterocycles. The average molecular weight is 398 g/mol. The summed E-state index contributed by atoms with van der Waals surface area (Å²) >= 11 is 1.29. The van der Waals surface area contributed by atoms with Crippen LogP contribution in [-0.2, 0) is 5.75 Å².